The molecule has 0 aliphatic rings. The van der Waals surface area contributed by atoms with Crippen LogP contribution in [0.1, 0.15) is 11.1 Å². The van der Waals surface area contributed by atoms with E-state index in [1.807, 2.05) is 0 Å². The number of aliphatic hydroxyl groups is 1. The molecule has 0 amide bonds. The van der Waals surface area contributed by atoms with Crippen LogP contribution in [0.25, 0.3) is 6.08 Å². The minimum absolute atomic E-state index is 0.0332. The van der Waals surface area contributed by atoms with Crippen LogP contribution in [0.3, 0.4) is 0 Å². The summed E-state index contributed by atoms with van der Waals surface area (Å²) in [6.07, 6.45) is 3.22. The van der Waals surface area contributed by atoms with Crippen molar-refractivity contribution in [3.05, 3.63) is 40.4 Å². The van der Waals surface area contributed by atoms with Crippen LogP contribution in [0.15, 0.2) is 24.3 Å². The number of hydrogen-bond acceptors (Lipinski definition) is 2. The lowest BCUT2D eigenvalue weighted by Crippen LogP contribution is -2.00. The van der Waals surface area contributed by atoms with Crippen molar-refractivity contribution < 1.29 is 15.0 Å². The second-order valence-electron chi connectivity index (χ2n) is 3.01. The molecule has 1 rings (SSSR count). The van der Waals surface area contributed by atoms with Gasteiger partial charge in [-0.3, -0.25) is 4.79 Å². The van der Waals surface area contributed by atoms with E-state index in [1.54, 1.807) is 30.4 Å². The summed E-state index contributed by atoms with van der Waals surface area (Å²) in [7, 11) is 0. The van der Waals surface area contributed by atoms with Crippen molar-refractivity contribution in [2.45, 2.75) is 6.42 Å². The highest BCUT2D eigenvalue weighted by Gasteiger charge is 2.05. The first-order chi connectivity index (χ1) is 7.13. The smallest absolute Gasteiger partial charge is 0.307 e. The Kier molecular flexibility index (Phi) is 4.34. The van der Waals surface area contributed by atoms with Crippen LogP contribution in [0, 0.1) is 0 Å². The largest absolute Gasteiger partial charge is 0.481 e. The van der Waals surface area contributed by atoms with E-state index < -0.39 is 5.97 Å². The van der Waals surface area contributed by atoms with Gasteiger partial charge in [-0.15, -0.1) is 0 Å². The van der Waals surface area contributed by atoms with Gasteiger partial charge in [0.1, 0.15) is 0 Å². The van der Waals surface area contributed by atoms with E-state index in [4.69, 9.17) is 21.8 Å². The van der Waals surface area contributed by atoms with Crippen molar-refractivity contribution in [1.82, 2.24) is 0 Å². The van der Waals surface area contributed by atoms with Gasteiger partial charge in [0.15, 0.2) is 0 Å². The van der Waals surface area contributed by atoms with E-state index in [0.717, 1.165) is 5.56 Å². The lowest BCUT2D eigenvalue weighted by atomic mass is 10.1. The Balaban J connectivity index is 2.87. The van der Waals surface area contributed by atoms with Crippen molar-refractivity contribution in [3.63, 3.8) is 0 Å². The first kappa shape index (κ1) is 11.8. The maximum atomic E-state index is 10.5. The second kappa shape index (κ2) is 5.53. The summed E-state index contributed by atoms with van der Waals surface area (Å²) in [6.45, 7) is -0.0332. The number of carboxylic acids is 1. The van der Waals surface area contributed by atoms with Crippen molar-refractivity contribution >= 4 is 23.6 Å². The van der Waals surface area contributed by atoms with Crippen molar-refractivity contribution in [3.8, 4) is 0 Å². The molecule has 1 aromatic rings. The third kappa shape index (κ3) is 3.73. The van der Waals surface area contributed by atoms with Gasteiger partial charge in [-0.2, -0.15) is 0 Å². The number of aliphatic carboxylic acids is 1. The molecule has 15 heavy (non-hydrogen) atoms. The minimum atomic E-state index is -0.907. The Morgan fingerprint density at radius 1 is 1.47 bits per heavy atom. The third-order valence-electron chi connectivity index (χ3n) is 1.83. The molecule has 0 aromatic heterocycles. The van der Waals surface area contributed by atoms with Crippen molar-refractivity contribution in [2.75, 3.05) is 6.61 Å². The van der Waals surface area contributed by atoms with Crippen LogP contribution >= 0.6 is 11.6 Å². The Bertz CT molecular complexity index is 385. The summed E-state index contributed by atoms with van der Waals surface area (Å²) in [5.74, 6) is -0.907. The average Bonchev–Trinajstić information content (AvgIpc) is 2.18. The average molecular weight is 227 g/mol. The molecular weight excluding hydrogens is 216 g/mol. The molecule has 80 valence electrons. The molecule has 0 heterocycles. The van der Waals surface area contributed by atoms with Crippen LogP contribution in [-0.2, 0) is 11.2 Å². The van der Waals surface area contributed by atoms with Crippen LogP contribution in [0.5, 0.6) is 0 Å². The molecule has 0 radical (unpaired) electrons. The van der Waals surface area contributed by atoms with Gasteiger partial charge in [0, 0.05) is 5.02 Å². The van der Waals surface area contributed by atoms with Crippen LogP contribution in [-0.4, -0.2) is 22.8 Å². The van der Waals surface area contributed by atoms with E-state index in [-0.39, 0.29) is 13.0 Å². The molecule has 1 aromatic carbocycles. The predicted octanol–water partition coefficient (Wildman–Crippen LogP) is 1.97. The van der Waals surface area contributed by atoms with E-state index in [0.29, 0.717) is 10.6 Å². The summed E-state index contributed by atoms with van der Waals surface area (Å²) < 4.78 is 0. The van der Waals surface area contributed by atoms with Gasteiger partial charge in [-0.25, -0.2) is 0 Å². The normalized spacial score (nSPS) is 10.8. The molecule has 0 aliphatic carbocycles. The first-order valence-corrected chi connectivity index (χ1v) is 4.79. The predicted molar refractivity (Wildman–Crippen MR) is 58.9 cm³/mol. The molecule has 0 unspecified atom stereocenters. The Morgan fingerprint density at radius 2 is 2.20 bits per heavy atom. The molecule has 0 saturated heterocycles. The highest BCUT2D eigenvalue weighted by Crippen LogP contribution is 2.19. The molecule has 0 fully saturated rings. The number of carboxylic acid groups (broad SMARTS) is 1. The Morgan fingerprint density at radius 3 is 2.73 bits per heavy atom. The van der Waals surface area contributed by atoms with Crippen LogP contribution < -0.4 is 0 Å². The fraction of sp³-hybridized carbons (Fsp3) is 0.182. The topological polar surface area (TPSA) is 57.5 Å². The van der Waals surface area contributed by atoms with E-state index in [1.165, 1.54) is 0 Å². The molecule has 0 saturated carbocycles. The highest BCUT2D eigenvalue weighted by atomic mass is 35.5. The van der Waals surface area contributed by atoms with Crippen molar-refractivity contribution in [1.29, 1.82) is 0 Å². The van der Waals surface area contributed by atoms with Gasteiger partial charge in [-0.1, -0.05) is 35.9 Å². The van der Waals surface area contributed by atoms with E-state index in [9.17, 15) is 4.79 Å². The van der Waals surface area contributed by atoms with Gasteiger partial charge in [-0.05, 0) is 17.2 Å². The molecule has 4 heteroatoms. The van der Waals surface area contributed by atoms with Gasteiger partial charge < -0.3 is 10.2 Å². The SMILES string of the molecule is O=C(O)Cc1ccc(C=CCO)cc1Cl. The van der Waals surface area contributed by atoms with Crippen LogP contribution in [0.2, 0.25) is 5.02 Å². The molecule has 0 atom stereocenters. The molecule has 2 N–H and O–H groups in total. The Labute approximate surface area is 92.6 Å². The van der Waals surface area contributed by atoms with Crippen molar-refractivity contribution in [2.24, 2.45) is 0 Å². The highest BCUT2D eigenvalue weighted by molar-refractivity contribution is 6.31. The summed E-state index contributed by atoms with van der Waals surface area (Å²) in [6, 6.07) is 5.11. The van der Waals surface area contributed by atoms with E-state index >= 15 is 0 Å². The Hall–Kier alpha value is -1.32. The van der Waals surface area contributed by atoms with Crippen LogP contribution in [0.4, 0.5) is 0 Å². The molecule has 0 bridgehead atoms. The summed E-state index contributed by atoms with van der Waals surface area (Å²) in [5.41, 5.74) is 1.42. The second-order valence-corrected chi connectivity index (χ2v) is 3.41. The number of halogens is 1. The standard InChI is InChI=1S/C11H11ClO3/c12-10-6-8(2-1-5-13)3-4-9(10)7-11(14)15/h1-4,6,13H,5,7H2,(H,14,15). The molecule has 0 spiro atoms. The minimum Gasteiger partial charge on any atom is -0.481 e. The number of aliphatic hydroxyl groups excluding tert-OH is 1. The van der Waals surface area contributed by atoms with Gasteiger partial charge in [0.2, 0.25) is 0 Å². The summed E-state index contributed by atoms with van der Waals surface area (Å²) in [4.78, 5) is 10.5. The zero-order valence-corrected chi connectivity index (χ0v) is 8.74. The zero-order chi connectivity index (χ0) is 11.3. The monoisotopic (exact) mass is 226 g/mol. The van der Waals surface area contributed by atoms with Gasteiger partial charge in [0.05, 0.1) is 13.0 Å². The quantitative estimate of drug-likeness (QED) is 0.825. The number of rotatable bonds is 4. The van der Waals surface area contributed by atoms with Gasteiger partial charge in [0.25, 0.3) is 0 Å². The first-order valence-electron chi connectivity index (χ1n) is 4.41. The number of hydrogen-bond donors (Lipinski definition) is 2. The third-order valence-corrected chi connectivity index (χ3v) is 2.19. The number of carbonyl (C=O) groups is 1. The summed E-state index contributed by atoms with van der Waals surface area (Å²) in [5, 5.41) is 17.6. The zero-order valence-electron chi connectivity index (χ0n) is 7.98. The lowest BCUT2D eigenvalue weighted by molar-refractivity contribution is -0.136. The lowest BCUT2D eigenvalue weighted by Gasteiger charge is -2.02. The molecule has 3 nitrogen and oxygen atoms in total. The molecule has 0 aliphatic heterocycles. The fourth-order valence-electron chi connectivity index (χ4n) is 1.16. The maximum Gasteiger partial charge on any atom is 0.307 e. The van der Waals surface area contributed by atoms with Gasteiger partial charge >= 0.3 is 5.97 Å². The fourth-order valence-corrected chi connectivity index (χ4v) is 1.42. The summed E-state index contributed by atoms with van der Waals surface area (Å²) >= 11 is 5.89. The number of benzene rings is 1. The maximum absolute atomic E-state index is 10.5. The van der Waals surface area contributed by atoms with E-state index in [2.05, 4.69) is 0 Å². The molecular formula is C11H11ClO3.